The molecule has 0 spiro atoms. The Hall–Kier alpha value is -0.880. The molecule has 1 aliphatic rings. The summed E-state index contributed by atoms with van der Waals surface area (Å²) in [5.74, 6) is -1.70. The smallest absolute Gasteiger partial charge is 0.308 e. The first-order valence-corrected chi connectivity index (χ1v) is 6.45. The van der Waals surface area contributed by atoms with Gasteiger partial charge in [-0.1, -0.05) is 12.5 Å². The molecule has 2 atom stereocenters. The Balaban J connectivity index is 2.65. The average Bonchev–Trinajstić information content (AvgIpc) is 2.50. The van der Waals surface area contributed by atoms with Gasteiger partial charge in [0.1, 0.15) is 0 Å². The largest absolute Gasteiger partial charge is 0.481 e. The first-order chi connectivity index (χ1) is 6.96. The number of rotatable bonds is 5. The van der Waals surface area contributed by atoms with Gasteiger partial charge in [0.2, 0.25) is 10.0 Å². The van der Waals surface area contributed by atoms with Crippen LogP contribution in [0.5, 0.6) is 0 Å². The van der Waals surface area contributed by atoms with Gasteiger partial charge < -0.3 is 5.11 Å². The Morgan fingerprint density at radius 3 is 2.73 bits per heavy atom. The molecule has 0 aromatic heterocycles. The maximum Gasteiger partial charge on any atom is 0.308 e. The fraction of sp³-hybridized carbons (Fsp3) is 0.667. The molecule has 2 unspecified atom stereocenters. The summed E-state index contributed by atoms with van der Waals surface area (Å²) in [6.45, 7) is 3.34. The zero-order valence-corrected chi connectivity index (χ0v) is 9.16. The van der Waals surface area contributed by atoms with Gasteiger partial charge in [0.15, 0.2) is 0 Å². The molecule has 0 heterocycles. The van der Waals surface area contributed by atoms with Crippen LogP contribution in [0.1, 0.15) is 19.3 Å². The molecule has 1 rings (SSSR count). The van der Waals surface area contributed by atoms with E-state index >= 15 is 0 Å². The SMILES string of the molecule is C=CCS(=O)(=O)NC1CCCC1C(=O)O. The van der Waals surface area contributed by atoms with Gasteiger partial charge in [-0.15, -0.1) is 6.58 Å². The summed E-state index contributed by atoms with van der Waals surface area (Å²) in [5, 5.41) is 8.86. The van der Waals surface area contributed by atoms with Crippen molar-refractivity contribution in [1.29, 1.82) is 0 Å². The van der Waals surface area contributed by atoms with Gasteiger partial charge in [0, 0.05) is 6.04 Å². The van der Waals surface area contributed by atoms with E-state index in [1.165, 1.54) is 6.08 Å². The molecule has 86 valence electrons. The van der Waals surface area contributed by atoms with Crippen LogP contribution in [0.3, 0.4) is 0 Å². The van der Waals surface area contributed by atoms with Gasteiger partial charge in [-0.25, -0.2) is 13.1 Å². The number of carboxylic acids is 1. The first-order valence-electron chi connectivity index (χ1n) is 4.80. The van der Waals surface area contributed by atoms with Crippen LogP contribution in [0.2, 0.25) is 0 Å². The van der Waals surface area contributed by atoms with Gasteiger partial charge in [-0.2, -0.15) is 0 Å². The molecule has 0 aromatic carbocycles. The molecule has 5 nitrogen and oxygen atoms in total. The summed E-state index contributed by atoms with van der Waals surface area (Å²) in [6.07, 6.45) is 3.16. The van der Waals surface area contributed by atoms with E-state index in [0.717, 1.165) is 6.42 Å². The van der Waals surface area contributed by atoms with Crippen molar-refractivity contribution < 1.29 is 18.3 Å². The van der Waals surface area contributed by atoms with Crippen LogP contribution >= 0.6 is 0 Å². The second kappa shape index (κ2) is 4.76. The van der Waals surface area contributed by atoms with Crippen LogP contribution in [0.15, 0.2) is 12.7 Å². The third-order valence-electron chi connectivity index (χ3n) is 2.50. The Labute approximate surface area is 89.2 Å². The molecule has 1 fully saturated rings. The standard InChI is InChI=1S/C9H15NO4S/c1-2-6-15(13,14)10-8-5-3-4-7(8)9(11)12/h2,7-8,10H,1,3-6H2,(H,11,12). The van der Waals surface area contributed by atoms with Crippen LogP contribution < -0.4 is 4.72 Å². The van der Waals surface area contributed by atoms with Crippen LogP contribution in [0.4, 0.5) is 0 Å². The van der Waals surface area contributed by atoms with E-state index in [1.807, 2.05) is 0 Å². The predicted molar refractivity (Wildman–Crippen MR) is 55.9 cm³/mol. The highest BCUT2D eigenvalue weighted by Crippen LogP contribution is 2.26. The van der Waals surface area contributed by atoms with Crippen molar-refractivity contribution in [2.24, 2.45) is 5.92 Å². The fourth-order valence-electron chi connectivity index (χ4n) is 1.83. The van der Waals surface area contributed by atoms with Gasteiger partial charge in [-0.05, 0) is 12.8 Å². The quantitative estimate of drug-likeness (QED) is 0.671. The summed E-state index contributed by atoms with van der Waals surface area (Å²) in [4.78, 5) is 10.8. The van der Waals surface area contributed by atoms with E-state index in [1.54, 1.807) is 0 Å². The number of nitrogens with one attached hydrogen (secondary N) is 1. The van der Waals surface area contributed by atoms with E-state index in [9.17, 15) is 13.2 Å². The second-order valence-corrected chi connectivity index (χ2v) is 5.47. The van der Waals surface area contributed by atoms with Crippen molar-refractivity contribution in [2.45, 2.75) is 25.3 Å². The van der Waals surface area contributed by atoms with Gasteiger partial charge in [-0.3, -0.25) is 4.79 Å². The van der Waals surface area contributed by atoms with E-state index in [0.29, 0.717) is 12.8 Å². The highest BCUT2D eigenvalue weighted by molar-refractivity contribution is 7.89. The van der Waals surface area contributed by atoms with Crippen molar-refractivity contribution in [3.8, 4) is 0 Å². The van der Waals surface area contributed by atoms with Crippen molar-refractivity contribution in [1.82, 2.24) is 4.72 Å². The summed E-state index contributed by atoms with van der Waals surface area (Å²) in [6, 6.07) is -0.465. The maximum absolute atomic E-state index is 11.4. The average molecular weight is 233 g/mol. The Morgan fingerprint density at radius 2 is 2.20 bits per heavy atom. The van der Waals surface area contributed by atoms with Crippen molar-refractivity contribution in [2.75, 3.05) is 5.75 Å². The highest BCUT2D eigenvalue weighted by Gasteiger charge is 2.34. The predicted octanol–water partition coefficient (Wildman–Crippen LogP) is 0.345. The van der Waals surface area contributed by atoms with E-state index in [-0.39, 0.29) is 5.75 Å². The molecule has 0 aliphatic heterocycles. The Morgan fingerprint density at radius 1 is 1.53 bits per heavy atom. The van der Waals surface area contributed by atoms with Crippen molar-refractivity contribution in [3.05, 3.63) is 12.7 Å². The van der Waals surface area contributed by atoms with Crippen LogP contribution in [0, 0.1) is 5.92 Å². The van der Waals surface area contributed by atoms with Crippen LogP contribution in [0.25, 0.3) is 0 Å². The topological polar surface area (TPSA) is 83.5 Å². The molecule has 6 heteroatoms. The lowest BCUT2D eigenvalue weighted by Gasteiger charge is -2.16. The van der Waals surface area contributed by atoms with E-state index in [2.05, 4.69) is 11.3 Å². The molecule has 15 heavy (non-hydrogen) atoms. The minimum atomic E-state index is -3.41. The van der Waals surface area contributed by atoms with Gasteiger partial charge in [0.25, 0.3) is 0 Å². The van der Waals surface area contributed by atoms with E-state index < -0.39 is 28.0 Å². The fourth-order valence-corrected chi connectivity index (χ4v) is 2.98. The summed E-state index contributed by atoms with van der Waals surface area (Å²) < 4.78 is 25.2. The first kappa shape index (κ1) is 12.2. The molecule has 0 aromatic rings. The molecule has 0 saturated heterocycles. The third-order valence-corrected chi connectivity index (χ3v) is 3.84. The lowest BCUT2D eigenvalue weighted by atomic mass is 10.1. The lowest BCUT2D eigenvalue weighted by molar-refractivity contribution is -0.141. The monoisotopic (exact) mass is 233 g/mol. The maximum atomic E-state index is 11.4. The zero-order valence-electron chi connectivity index (χ0n) is 8.35. The van der Waals surface area contributed by atoms with Crippen LogP contribution in [-0.4, -0.2) is 31.3 Å². The lowest BCUT2D eigenvalue weighted by Crippen LogP contribution is -2.40. The summed E-state index contributed by atoms with van der Waals surface area (Å²) in [7, 11) is -3.41. The molecular formula is C9H15NO4S. The zero-order chi connectivity index (χ0) is 11.5. The minimum Gasteiger partial charge on any atom is -0.481 e. The number of carbonyl (C=O) groups is 1. The number of aliphatic carboxylic acids is 1. The Bertz CT molecular complexity index is 349. The number of hydrogen-bond donors (Lipinski definition) is 2. The molecule has 0 radical (unpaired) electrons. The Kier molecular flexibility index (Phi) is 3.87. The van der Waals surface area contributed by atoms with Gasteiger partial charge in [0.05, 0.1) is 11.7 Å². The third kappa shape index (κ3) is 3.32. The van der Waals surface area contributed by atoms with E-state index in [4.69, 9.17) is 5.11 Å². The molecular weight excluding hydrogens is 218 g/mol. The number of sulfonamides is 1. The normalized spacial score (nSPS) is 26.4. The molecule has 0 bridgehead atoms. The highest BCUT2D eigenvalue weighted by atomic mass is 32.2. The second-order valence-electron chi connectivity index (χ2n) is 3.67. The van der Waals surface area contributed by atoms with Crippen molar-refractivity contribution >= 4 is 16.0 Å². The van der Waals surface area contributed by atoms with Gasteiger partial charge >= 0.3 is 5.97 Å². The number of hydrogen-bond acceptors (Lipinski definition) is 3. The van der Waals surface area contributed by atoms with Crippen LogP contribution in [-0.2, 0) is 14.8 Å². The molecule has 2 N–H and O–H groups in total. The summed E-state index contributed by atoms with van der Waals surface area (Å²) in [5.41, 5.74) is 0. The molecule has 0 amide bonds. The molecule has 1 aliphatic carbocycles. The minimum absolute atomic E-state index is 0.171. The van der Waals surface area contributed by atoms with Crippen molar-refractivity contribution in [3.63, 3.8) is 0 Å². The number of carboxylic acid groups (broad SMARTS) is 1. The summed E-state index contributed by atoms with van der Waals surface area (Å²) >= 11 is 0. The molecule has 1 saturated carbocycles.